The van der Waals surface area contributed by atoms with Crippen molar-refractivity contribution in [3.8, 4) is 11.3 Å². The molecule has 0 bridgehead atoms. The molecule has 1 aromatic heterocycles. The third-order valence-electron chi connectivity index (χ3n) is 9.93. The number of piperidine rings is 2. The summed E-state index contributed by atoms with van der Waals surface area (Å²) in [6, 6.07) is 14.6. The number of halogens is 2. The summed E-state index contributed by atoms with van der Waals surface area (Å²) in [4.78, 5) is 35.6. The summed E-state index contributed by atoms with van der Waals surface area (Å²) >= 11 is 0. The SMILES string of the molecule is CN[C@@H]1CCN(C(=O)N2CC[C@@H](Cn3cnc(-c4ccccc4)cc3=O)C3(CCCC3)C2)[C@H](c2ccc(F)cc2F)C1. The first kappa shape index (κ1) is 28.5. The summed E-state index contributed by atoms with van der Waals surface area (Å²) in [7, 11) is 1.88. The fourth-order valence-corrected chi connectivity index (χ4v) is 7.57. The normalized spacial score (nSPS) is 23.8. The lowest BCUT2D eigenvalue weighted by Crippen LogP contribution is -2.57. The van der Waals surface area contributed by atoms with Gasteiger partial charge in [-0.2, -0.15) is 0 Å². The molecule has 222 valence electrons. The minimum atomic E-state index is -0.621. The van der Waals surface area contributed by atoms with Crippen LogP contribution in [0.3, 0.4) is 0 Å². The second-order valence-electron chi connectivity index (χ2n) is 12.3. The second-order valence-corrected chi connectivity index (χ2v) is 12.3. The first-order valence-electron chi connectivity index (χ1n) is 15.2. The monoisotopic (exact) mass is 575 g/mol. The predicted octanol–water partition coefficient (Wildman–Crippen LogP) is 5.62. The molecule has 3 atom stereocenters. The number of amides is 2. The number of aromatic nitrogens is 2. The molecule has 2 amide bonds. The van der Waals surface area contributed by atoms with E-state index in [-0.39, 0.29) is 29.0 Å². The van der Waals surface area contributed by atoms with Crippen LogP contribution in [-0.4, -0.2) is 58.1 Å². The van der Waals surface area contributed by atoms with Crippen molar-refractivity contribution in [2.24, 2.45) is 11.3 Å². The molecule has 7 nitrogen and oxygen atoms in total. The molecular weight excluding hydrogens is 536 g/mol. The Labute approximate surface area is 245 Å². The Morgan fingerprint density at radius 3 is 2.55 bits per heavy atom. The number of carbonyl (C=O) groups is 1. The highest BCUT2D eigenvalue weighted by atomic mass is 19.1. The van der Waals surface area contributed by atoms with E-state index in [0.717, 1.165) is 50.2 Å². The van der Waals surface area contributed by atoms with E-state index in [9.17, 15) is 18.4 Å². The van der Waals surface area contributed by atoms with E-state index < -0.39 is 17.7 Å². The zero-order valence-electron chi connectivity index (χ0n) is 24.1. The van der Waals surface area contributed by atoms with Gasteiger partial charge in [0.05, 0.1) is 18.1 Å². The lowest BCUT2D eigenvalue weighted by atomic mass is 9.69. The molecule has 1 spiro atoms. The van der Waals surface area contributed by atoms with Crippen LogP contribution in [0.2, 0.25) is 0 Å². The van der Waals surface area contributed by atoms with Crippen molar-refractivity contribution in [3.05, 3.63) is 88.5 Å². The summed E-state index contributed by atoms with van der Waals surface area (Å²) in [5, 5.41) is 3.28. The summed E-state index contributed by atoms with van der Waals surface area (Å²) in [5.74, 6) is -0.978. The molecule has 3 heterocycles. The zero-order chi connectivity index (χ0) is 29.3. The summed E-state index contributed by atoms with van der Waals surface area (Å²) < 4.78 is 30.4. The third kappa shape index (κ3) is 5.59. The van der Waals surface area contributed by atoms with Crippen LogP contribution in [-0.2, 0) is 6.54 Å². The zero-order valence-corrected chi connectivity index (χ0v) is 24.1. The van der Waals surface area contributed by atoms with Gasteiger partial charge in [0.15, 0.2) is 0 Å². The minimum absolute atomic E-state index is 0.0629. The van der Waals surface area contributed by atoms with Crippen LogP contribution in [0.4, 0.5) is 13.6 Å². The molecule has 9 heteroatoms. The Hall–Kier alpha value is -3.59. The second kappa shape index (κ2) is 12.0. The number of nitrogens with one attached hydrogen (secondary N) is 1. The molecule has 0 unspecified atom stereocenters. The number of benzene rings is 2. The van der Waals surface area contributed by atoms with E-state index in [1.165, 1.54) is 12.1 Å². The van der Waals surface area contributed by atoms with Crippen molar-refractivity contribution in [2.75, 3.05) is 26.7 Å². The number of nitrogens with zero attached hydrogens (tertiary/aromatic N) is 4. The van der Waals surface area contributed by atoms with Gasteiger partial charge >= 0.3 is 6.03 Å². The van der Waals surface area contributed by atoms with Crippen molar-refractivity contribution in [2.45, 2.75) is 63.6 Å². The smallest absolute Gasteiger partial charge is 0.320 e. The highest BCUT2D eigenvalue weighted by Gasteiger charge is 2.47. The van der Waals surface area contributed by atoms with Gasteiger partial charge in [-0.15, -0.1) is 0 Å². The standard InChI is InChI=1S/C33H39F2N5O2/c1-36-26-12-16-40(30(18-26)27-10-9-25(34)17-28(27)35)32(42)38-15-11-24(33(21-38)13-5-6-14-33)20-39-22-37-29(19-31(39)41)23-7-3-2-4-8-23/h2-4,7-10,17,19,22,24,26,30,36H,5-6,11-16,18,20-21H2,1H3/t24-,26+,30-/m0/s1. The highest BCUT2D eigenvalue weighted by molar-refractivity contribution is 5.75. The Bertz CT molecular complexity index is 1470. The molecule has 3 aromatic rings. The van der Waals surface area contributed by atoms with Crippen LogP contribution in [0.5, 0.6) is 0 Å². The molecule has 2 aliphatic heterocycles. The van der Waals surface area contributed by atoms with E-state index in [4.69, 9.17) is 0 Å². The maximum absolute atomic E-state index is 15.0. The topological polar surface area (TPSA) is 70.5 Å². The molecule has 1 aliphatic carbocycles. The predicted molar refractivity (Wildman–Crippen MR) is 158 cm³/mol. The van der Waals surface area contributed by atoms with Gasteiger partial charge in [-0.3, -0.25) is 9.36 Å². The van der Waals surface area contributed by atoms with E-state index in [1.54, 1.807) is 21.9 Å². The molecular formula is C33H39F2N5O2. The van der Waals surface area contributed by atoms with E-state index in [1.807, 2.05) is 42.3 Å². The first-order chi connectivity index (χ1) is 20.4. The van der Waals surface area contributed by atoms with Gasteiger partial charge in [-0.25, -0.2) is 18.6 Å². The Morgan fingerprint density at radius 2 is 1.83 bits per heavy atom. The fraction of sp³-hybridized carbons (Fsp3) is 0.485. The molecule has 6 rings (SSSR count). The van der Waals surface area contributed by atoms with E-state index in [2.05, 4.69) is 10.3 Å². The number of hydrogen-bond acceptors (Lipinski definition) is 4. The average Bonchev–Trinajstić information content (AvgIpc) is 3.47. The number of rotatable bonds is 5. The van der Waals surface area contributed by atoms with Crippen molar-refractivity contribution >= 4 is 6.03 Å². The number of urea groups is 1. The first-order valence-corrected chi connectivity index (χ1v) is 15.2. The lowest BCUT2D eigenvalue weighted by molar-refractivity contribution is 0.0205. The molecule has 1 saturated carbocycles. The van der Waals surface area contributed by atoms with Crippen LogP contribution in [0, 0.1) is 23.0 Å². The lowest BCUT2D eigenvalue weighted by Gasteiger charge is -2.49. The van der Waals surface area contributed by atoms with Gasteiger partial charge in [-0.05, 0) is 56.6 Å². The Balaban J connectivity index is 1.21. The van der Waals surface area contributed by atoms with E-state index in [0.29, 0.717) is 43.9 Å². The van der Waals surface area contributed by atoms with Crippen molar-refractivity contribution < 1.29 is 13.6 Å². The molecule has 2 aromatic carbocycles. The highest BCUT2D eigenvalue weighted by Crippen LogP contribution is 2.49. The van der Waals surface area contributed by atoms with Crippen LogP contribution in [0.25, 0.3) is 11.3 Å². The summed E-state index contributed by atoms with van der Waals surface area (Å²) in [6.07, 6.45) is 8.05. The largest absolute Gasteiger partial charge is 0.324 e. The van der Waals surface area contributed by atoms with Crippen molar-refractivity contribution in [3.63, 3.8) is 0 Å². The molecule has 3 fully saturated rings. The fourth-order valence-electron chi connectivity index (χ4n) is 7.57. The summed E-state index contributed by atoms with van der Waals surface area (Å²) in [5.41, 5.74) is 1.82. The number of likely N-dealkylation sites (tertiary alicyclic amines) is 2. The Kier molecular flexibility index (Phi) is 8.12. The molecule has 2 saturated heterocycles. The third-order valence-corrected chi connectivity index (χ3v) is 9.93. The molecule has 3 aliphatic rings. The average molecular weight is 576 g/mol. The van der Waals surface area contributed by atoms with Gasteiger partial charge < -0.3 is 15.1 Å². The molecule has 0 radical (unpaired) electrons. The van der Waals surface area contributed by atoms with Crippen LogP contribution in [0.1, 0.15) is 56.6 Å². The van der Waals surface area contributed by atoms with E-state index >= 15 is 0 Å². The van der Waals surface area contributed by atoms with Gasteiger partial charge in [-0.1, -0.05) is 49.2 Å². The molecule has 42 heavy (non-hydrogen) atoms. The van der Waals surface area contributed by atoms with Gasteiger partial charge in [0, 0.05) is 55.5 Å². The summed E-state index contributed by atoms with van der Waals surface area (Å²) in [6.45, 7) is 2.30. The maximum Gasteiger partial charge on any atom is 0.320 e. The van der Waals surface area contributed by atoms with Crippen molar-refractivity contribution in [1.82, 2.24) is 24.7 Å². The van der Waals surface area contributed by atoms with Crippen LogP contribution >= 0.6 is 0 Å². The number of hydrogen-bond donors (Lipinski definition) is 1. The number of carbonyl (C=O) groups excluding carboxylic acids is 1. The minimum Gasteiger partial charge on any atom is -0.324 e. The quantitative estimate of drug-likeness (QED) is 0.429. The van der Waals surface area contributed by atoms with Crippen molar-refractivity contribution in [1.29, 1.82) is 0 Å². The van der Waals surface area contributed by atoms with Crippen LogP contribution in [0.15, 0.2) is 65.7 Å². The van der Waals surface area contributed by atoms with Crippen LogP contribution < -0.4 is 10.9 Å². The molecule has 1 N–H and O–H groups in total. The van der Waals surface area contributed by atoms with Gasteiger partial charge in [0.1, 0.15) is 11.6 Å². The Morgan fingerprint density at radius 1 is 1.05 bits per heavy atom. The van der Waals surface area contributed by atoms with Gasteiger partial charge in [0.25, 0.3) is 5.56 Å². The maximum atomic E-state index is 15.0. The van der Waals surface area contributed by atoms with Gasteiger partial charge in [0.2, 0.25) is 0 Å².